The van der Waals surface area contributed by atoms with Crippen LogP contribution in [0.5, 0.6) is 0 Å². The van der Waals surface area contributed by atoms with Crippen molar-refractivity contribution in [1.82, 2.24) is 19.4 Å². The van der Waals surface area contributed by atoms with Gasteiger partial charge < -0.3 is 5.32 Å². The van der Waals surface area contributed by atoms with Crippen molar-refractivity contribution < 1.29 is 0 Å². The van der Waals surface area contributed by atoms with Gasteiger partial charge in [0.05, 0.1) is 28.8 Å². The summed E-state index contributed by atoms with van der Waals surface area (Å²) < 4.78 is 4.66. The summed E-state index contributed by atoms with van der Waals surface area (Å²) in [6.07, 6.45) is 3.93. The number of rotatable bonds is 1. The fourth-order valence-corrected chi connectivity index (χ4v) is 3.75. The van der Waals surface area contributed by atoms with Crippen LogP contribution in [-0.2, 0) is 7.05 Å². The van der Waals surface area contributed by atoms with Gasteiger partial charge in [0.2, 0.25) is 0 Å². The van der Waals surface area contributed by atoms with E-state index in [1.165, 1.54) is 0 Å². The number of piperidine rings is 1. The lowest BCUT2D eigenvalue weighted by Crippen LogP contribution is -2.36. The molecule has 114 valence electrons. The highest BCUT2D eigenvalue weighted by molar-refractivity contribution is 9.10. The minimum absolute atomic E-state index is 0.0398. The Bertz CT molecular complexity index is 921. The highest BCUT2D eigenvalue weighted by atomic mass is 79.9. The molecule has 0 aliphatic carbocycles. The Hall–Kier alpha value is -1.66. The van der Waals surface area contributed by atoms with Gasteiger partial charge in [0.1, 0.15) is 0 Å². The minimum atomic E-state index is 0.0398. The summed E-state index contributed by atoms with van der Waals surface area (Å²) in [5.41, 5.74) is 2.84. The quantitative estimate of drug-likeness (QED) is 0.725. The number of imidazole rings is 1. The summed E-state index contributed by atoms with van der Waals surface area (Å²) in [5, 5.41) is 4.42. The summed E-state index contributed by atoms with van der Waals surface area (Å²) >= 11 is 3.53. The van der Waals surface area contributed by atoms with E-state index in [-0.39, 0.29) is 11.7 Å². The first-order chi connectivity index (χ1) is 10.7. The maximum atomic E-state index is 12.8. The standard InChI is InChI=1S/C16H17BrN4O/c1-20-14-9-19-13-5-4-10(17)7-12(13)15(14)21(16(20)22)11-3-2-6-18-8-11/h4-5,7,9,11,18H,2-3,6,8H2,1H3. The molecule has 1 unspecified atom stereocenters. The number of nitrogens with zero attached hydrogens (tertiary/aromatic N) is 3. The number of pyridine rings is 1. The highest BCUT2D eigenvalue weighted by Gasteiger charge is 2.22. The van der Waals surface area contributed by atoms with Gasteiger partial charge in [-0.15, -0.1) is 0 Å². The van der Waals surface area contributed by atoms with Crippen LogP contribution in [0.1, 0.15) is 18.9 Å². The number of aromatic nitrogens is 3. The van der Waals surface area contributed by atoms with Crippen LogP contribution in [0.3, 0.4) is 0 Å². The Kier molecular flexibility index (Phi) is 3.31. The van der Waals surface area contributed by atoms with Gasteiger partial charge in [0.15, 0.2) is 0 Å². The second-order valence-corrected chi connectivity index (χ2v) is 6.78. The van der Waals surface area contributed by atoms with Crippen LogP contribution in [0.25, 0.3) is 21.9 Å². The number of halogens is 1. The average molecular weight is 361 g/mol. The van der Waals surface area contributed by atoms with E-state index in [9.17, 15) is 4.79 Å². The van der Waals surface area contributed by atoms with E-state index in [0.717, 1.165) is 52.3 Å². The molecule has 0 bridgehead atoms. The number of nitrogens with one attached hydrogen (secondary N) is 1. The van der Waals surface area contributed by atoms with Gasteiger partial charge in [0, 0.05) is 23.5 Å². The lowest BCUT2D eigenvalue weighted by atomic mass is 10.1. The van der Waals surface area contributed by atoms with Gasteiger partial charge in [-0.3, -0.25) is 14.1 Å². The Morgan fingerprint density at radius 1 is 1.41 bits per heavy atom. The Morgan fingerprint density at radius 3 is 3.05 bits per heavy atom. The second-order valence-electron chi connectivity index (χ2n) is 5.87. The Labute approximate surface area is 136 Å². The van der Waals surface area contributed by atoms with Crippen LogP contribution in [0.15, 0.2) is 33.7 Å². The van der Waals surface area contributed by atoms with Crippen molar-refractivity contribution in [3.8, 4) is 0 Å². The third-order valence-corrected chi connectivity index (χ3v) is 5.01. The molecular formula is C16H17BrN4O. The van der Waals surface area contributed by atoms with Gasteiger partial charge in [-0.2, -0.15) is 0 Å². The third-order valence-electron chi connectivity index (χ3n) is 4.51. The number of hydrogen-bond acceptors (Lipinski definition) is 3. The summed E-state index contributed by atoms with van der Waals surface area (Å²) in [6, 6.07) is 6.22. The van der Waals surface area contributed by atoms with Crippen LogP contribution in [0.4, 0.5) is 0 Å². The molecule has 1 N–H and O–H groups in total. The normalized spacial score (nSPS) is 19.1. The Morgan fingerprint density at radius 2 is 2.27 bits per heavy atom. The number of benzene rings is 1. The molecule has 0 amide bonds. The summed E-state index contributed by atoms with van der Waals surface area (Å²) in [4.78, 5) is 17.3. The molecule has 1 aliphatic rings. The average Bonchev–Trinajstić information content (AvgIpc) is 2.80. The smallest absolute Gasteiger partial charge is 0.315 e. The van der Waals surface area contributed by atoms with E-state index >= 15 is 0 Å². The molecule has 6 heteroatoms. The second kappa shape index (κ2) is 5.21. The zero-order valence-corrected chi connectivity index (χ0v) is 13.9. The van der Waals surface area contributed by atoms with Crippen molar-refractivity contribution in [2.45, 2.75) is 18.9 Å². The molecule has 5 nitrogen and oxygen atoms in total. The zero-order valence-electron chi connectivity index (χ0n) is 12.3. The summed E-state index contributed by atoms with van der Waals surface area (Å²) in [7, 11) is 1.82. The molecule has 0 saturated carbocycles. The van der Waals surface area contributed by atoms with Crippen LogP contribution >= 0.6 is 15.9 Å². The third kappa shape index (κ3) is 2.01. The number of aryl methyl sites for hydroxylation is 1. The highest BCUT2D eigenvalue weighted by Crippen LogP contribution is 2.29. The van der Waals surface area contributed by atoms with Crippen molar-refractivity contribution in [2.24, 2.45) is 7.05 Å². The minimum Gasteiger partial charge on any atom is -0.315 e. The maximum absolute atomic E-state index is 12.8. The molecule has 1 saturated heterocycles. The van der Waals surface area contributed by atoms with Crippen molar-refractivity contribution in [1.29, 1.82) is 0 Å². The topological polar surface area (TPSA) is 51.9 Å². The molecule has 1 aromatic carbocycles. The van der Waals surface area contributed by atoms with E-state index in [4.69, 9.17) is 0 Å². The first-order valence-electron chi connectivity index (χ1n) is 7.53. The molecule has 3 aromatic rings. The van der Waals surface area contributed by atoms with Crippen molar-refractivity contribution in [3.63, 3.8) is 0 Å². The zero-order chi connectivity index (χ0) is 15.3. The fraction of sp³-hybridized carbons (Fsp3) is 0.375. The van der Waals surface area contributed by atoms with Crippen molar-refractivity contribution in [3.05, 3.63) is 39.4 Å². The monoisotopic (exact) mass is 360 g/mol. The van der Waals surface area contributed by atoms with E-state index < -0.39 is 0 Å². The maximum Gasteiger partial charge on any atom is 0.329 e. The summed E-state index contributed by atoms with van der Waals surface area (Å²) in [5.74, 6) is 0. The lowest BCUT2D eigenvalue weighted by Gasteiger charge is -2.24. The molecule has 1 aliphatic heterocycles. The van der Waals surface area contributed by atoms with Gasteiger partial charge in [-0.25, -0.2) is 4.79 Å². The molecule has 3 heterocycles. The number of hydrogen-bond donors (Lipinski definition) is 1. The van der Waals surface area contributed by atoms with Crippen LogP contribution in [-0.4, -0.2) is 27.2 Å². The van der Waals surface area contributed by atoms with E-state index in [1.54, 1.807) is 10.8 Å². The van der Waals surface area contributed by atoms with E-state index in [0.29, 0.717) is 0 Å². The predicted molar refractivity (Wildman–Crippen MR) is 91.3 cm³/mol. The SMILES string of the molecule is Cn1c(=O)n(C2CCCNC2)c2c3cc(Br)ccc3ncc21. The molecule has 22 heavy (non-hydrogen) atoms. The van der Waals surface area contributed by atoms with Crippen LogP contribution in [0, 0.1) is 0 Å². The fourth-order valence-electron chi connectivity index (χ4n) is 3.39. The van der Waals surface area contributed by atoms with Crippen LogP contribution in [0.2, 0.25) is 0 Å². The van der Waals surface area contributed by atoms with Crippen LogP contribution < -0.4 is 11.0 Å². The van der Waals surface area contributed by atoms with Gasteiger partial charge >= 0.3 is 5.69 Å². The molecule has 0 radical (unpaired) electrons. The summed E-state index contributed by atoms with van der Waals surface area (Å²) in [6.45, 7) is 1.88. The van der Waals surface area contributed by atoms with Crippen molar-refractivity contribution >= 4 is 37.9 Å². The van der Waals surface area contributed by atoms with Gasteiger partial charge in [-0.1, -0.05) is 15.9 Å². The lowest BCUT2D eigenvalue weighted by molar-refractivity contribution is 0.369. The molecule has 2 aromatic heterocycles. The van der Waals surface area contributed by atoms with Gasteiger partial charge in [0.25, 0.3) is 0 Å². The number of fused-ring (bicyclic) bond motifs is 3. The Balaban J connectivity index is 2.11. The first-order valence-corrected chi connectivity index (χ1v) is 8.32. The van der Waals surface area contributed by atoms with Crippen molar-refractivity contribution in [2.75, 3.05) is 13.1 Å². The largest absolute Gasteiger partial charge is 0.329 e. The predicted octanol–water partition coefficient (Wildman–Crippen LogP) is 2.58. The molecule has 1 fully saturated rings. The van der Waals surface area contributed by atoms with E-state index in [2.05, 4.69) is 32.3 Å². The molecule has 1 atom stereocenters. The molecule has 0 spiro atoms. The molecule has 4 rings (SSSR count). The van der Waals surface area contributed by atoms with E-state index in [1.807, 2.05) is 23.7 Å². The van der Waals surface area contributed by atoms with Gasteiger partial charge in [-0.05, 0) is 37.6 Å². The molecular weight excluding hydrogens is 344 g/mol. The first kappa shape index (κ1) is 14.0.